The summed E-state index contributed by atoms with van der Waals surface area (Å²) in [5.74, 6) is 1.41. The Labute approximate surface area is 179 Å². The number of benzene rings is 1. The van der Waals surface area contributed by atoms with Crippen molar-refractivity contribution in [3.63, 3.8) is 0 Å². The molecule has 0 amide bonds. The fraction of sp³-hybridized carbons (Fsp3) is 0.500. The molecule has 1 aromatic carbocycles. The summed E-state index contributed by atoms with van der Waals surface area (Å²) >= 11 is 3.33. The van der Waals surface area contributed by atoms with Gasteiger partial charge in [0.2, 0.25) is 27.5 Å². The highest BCUT2D eigenvalue weighted by atomic mass is 79.9. The lowest BCUT2D eigenvalue weighted by Gasteiger charge is -2.33. The Balaban J connectivity index is 1.48. The van der Waals surface area contributed by atoms with Crippen LogP contribution in [0.15, 0.2) is 38.1 Å². The van der Waals surface area contributed by atoms with Gasteiger partial charge in [-0.25, -0.2) is 13.4 Å². The van der Waals surface area contributed by atoms with Crippen LogP contribution in [-0.2, 0) is 10.0 Å². The van der Waals surface area contributed by atoms with E-state index in [1.54, 1.807) is 24.3 Å². The SMILES string of the molecule is N#Cc1nc(C2CCCCC2)oc1N1CCN(S(=O)(=O)c2cccc(Br)c2)CC1. The first kappa shape index (κ1) is 20.4. The van der Waals surface area contributed by atoms with Crippen LogP contribution in [0.25, 0.3) is 0 Å². The molecular formula is C20H23BrN4O3S. The molecule has 0 spiro atoms. The Morgan fingerprint density at radius 3 is 2.52 bits per heavy atom. The van der Waals surface area contributed by atoms with E-state index in [4.69, 9.17) is 4.42 Å². The molecule has 1 aliphatic carbocycles. The molecule has 1 saturated carbocycles. The second-order valence-electron chi connectivity index (χ2n) is 7.50. The maximum atomic E-state index is 12.9. The summed E-state index contributed by atoms with van der Waals surface area (Å²) in [5.41, 5.74) is 0.300. The molecule has 4 rings (SSSR count). The van der Waals surface area contributed by atoms with Gasteiger partial charge in [0.15, 0.2) is 0 Å². The predicted molar refractivity (Wildman–Crippen MR) is 112 cm³/mol. The molecule has 2 aromatic rings. The van der Waals surface area contributed by atoms with E-state index in [1.807, 2.05) is 4.90 Å². The van der Waals surface area contributed by atoms with E-state index in [0.717, 1.165) is 30.2 Å². The average Bonchev–Trinajstić information content (AvgIpc) is 3.19. The van der Waals surface area contributed by atoms with Gasteiger partial charge in [-0.2, -0.15) is 9.57 Å². The van der Waals surface area contributed by atoms with E-state index < -0.39 is 10.0 Å². The zero-order chi connectivity index (χ0) is 20.4. The minimum Gasteiger partial charge on any atom is -0.423 e. The van der Waals surface area contributed by atoms with E-state index in [-0.39, 0.29) is 10.8 Å². The molecule has 1 aromatic heterocycles. The van der Waals surface area contributed by atoms with Gasteiger partial charge >= 0.3 is 0 Å². The van der Waals surface area contributed by atoms with Crippen molar-refractivity contribution in [1.29, 1.82) is 5.26 Å². The topological polar surface area (TPSA) is 90.4 Å². The highest BCUT2D eigenvalue weighted by Crippen LogP contribution is 2.35. The predicted octanol–water partition coefficient (Wildman–Crippen LogP) is 3.87. The average molecular weight is 479 g/mol. The molecule has 0 radical (unpaired) electrons. The third-order valence-corrected chi connectivity index (χ3v) is 8.03. The van der Waals surface area contributed by atoms with Crippen LogP contribution in [0.4, 0.5) is 5.88 Å². The summed E-state index contributed by atoms with van der Waals surface area (Å²) in [6.07, 6.45) is 5.66. The van der Waals surface area contributed by atoms with Gasteiger partial charge in [0.1, 0.15) is 6.07 Å². The summed E-state index contributed by atoms with van der Waals surface area (Å²) < 4.78 is 34.1. The molecule has 2 fully saturated rings. The van der Waals surface area contributed by atoms with Crippen molar-refractivity contribution in [3.05, 3.63) is 40.3 Å². The fourth-order valence-corrected chi connectivity index (χ4v) is 6.07. The number of hydrogen-bond donors (Lipinski definition) is 0. The molecular weight excluding hydrogens is 456 g/mol. The van der Waals surface area contributed by atoms with Gasteiger partial charge < -0.3 is 9.32 Å². The quantitative estimate of drug-likeness (QED) is 0.662. The van der Waals surface area contributed by atoms with E-state index in [0.29, 0.717) is 43.6 Å². The first-order chi connectivity index (χ1) is 14.0. The Kier molecular flexibility index (Phi) is 5.95. The Morgan fingerprint density at radius 2 is 1.86 bits per heavy atom. The molecule has 0 unspecified atom stereocenters. The highest BCUT2D eigenvalue weighted by Gasteiger charge is 2.32. The number of hydrogen-bond acceptors (Lipinski definition) is 6. The summed E-state index contributed by atoms with van der Waals surface area (Å²) in [6.45, 7) is 1.58. The van der Waals surface area contributed by atoms with Crippen molar-refractivity contribution in [2.75, 3.05) is 31.1 Å². The van der Waals surface area contributed by atoms with Crippen LogP contribution in [0.5, 0.6) is 0 Å². The van der Waals surface area contributed by atoms with Crippen molar-refractivity contribution in [3.8, 4) is 6.07 Å². The smallest absolute Gasteiger partial charge is 0.243 e. The normalized spacial score (nSPS) is 19.2. The third-order valence-electron chi connectivity index (χ3n) is 5.65. The van der Waals surface area contributed by atoms with Crippen molar-refractivity contribution < 1.29 is 12.8 Å². The molecule has 2 heterocycles. The molecule has 0 N–H and O–H groups in total. The molecule has 154 valence electrons. The van der Waals surface area contributed by atoms with E-state index in [9.17, 15) is 13.7 Å². The molecule has 1 aliphatic heterocycles. The second kappa shape index (κ2) is 8.46. The standard InChI is InChI=1S/C20H23BrN4O3S/c21-16-7-4-8-17(13-16)29(26,27)25-11-9-24(10-12-25)20-18(14-22)23-19(28-20)15-5-2-1-3-6-15/h4,7-8,13,15H,1-3,5-6,9-12H2. The van der Waals surface area contributed by atoms with Crippen molar-refractivity contribution in [2.45, 2.75) is 42.9 Å². The van der Waals surface area contributed by atoms with Crippen molar-refractivity contribution in [1.82, 2.24) is 9.29 Å². The zero-order valence-electron chi connectivity index (χ0n) is 16.1. The number of nitrogens with zero attached hydrogens (tertiary/aromatic N) is 4. The molecule has 7 nitrogen and oxygen atoms in total. The minimum atomic E-state index is -3.55. The summed E-state index contributed by atoms with van der Waals surface area (Å²) in [5, 5.41) is 9.51. The molecule has 29 heavy (non-hydrogen) atoms. The zero-order valence-corrected chi connectivity index (χ0v) is 18.5. The Hall–Kier alpha value is -1.89. The fourth-order valence-electron chi connectivity index (χ4n) is 4.05. The van der Waals surface area contributed by atoms with Crippen LogP contribution in [0.1, 0.15) is 49.6 Å². The number of rotatable bonds is 4. The maximum absolute atomic E-state index is 12.9. The summed E-state index contributed by atoms with van der Waals surface area (Å²) in [4.78, 5) is 6.66. The van der Waals surface area contributed by atoms with Crippen LogP contribution >= 0.6 is 15.9 Å². The monoisotopic (exact) mass is 478 g/mol. The number of aromatic nitrogens is 1. The molecule has 0 atom stereocenters. The number of sulfonamides is 1. The third kappa shape index (κ3) is 4.20. The number of nitriles is 1. The maximum Gasteiger partial charge on any atom is 0.243 e. The lowest BCUT2D eigenvalue weighted by Crippen LogP contribution is -2.48. The van der Waals surface area contributed by atoms with Crippen LogP contribution in [0, 0.1) is 11.3 Å². The van der Waals surface area contributed by atoms with Gasteiger partial charge in [-0.3, -0.25) is 0 Å². The number of piperazine rings is 1. The van der Waals surface area contributed by atoms with Gasteiger partial charge in [0, 0.05) is 36.6 Å². The van der Waals surface area contributed by atoms with Gasteiger partial charge in [0.25, 0.3) is 0 Å². The van der Waals surface area contributed by atoms with Gasteiger partial charge in [-0.15, -0.1) is 0 Å². The number of halogens is 1. The van der Waals surface area contributed by atoms with Gasteiger partial charge in [0.05, 0.1) is 4.90 Å². The van der Waals surface area contributed by atoms with Gasteiger partial charge in [-0.05, 0) is 31.0 Å². The Bertz CT molecular complexity index is 1020. The molecule has 1 saturated heterocycles. The van der Waals surface area contributed by atoms with Gasteiger partial charge in [-0.1, -0.05) is 41.3 Å². The number of anilines is 1. The molecule has 2 aliphatic rings. The van der Waals surface area contributed by atoms with E-state index in [1.165, 1.54) is 10.7 Å². The minimum absolute atomic E-state index is 0.275. The molecule has 0 bridgehead atoms. The summed E-state index contributed by atoms with van der Waals surface area (Å²) in [6, 6.07) is 8.88. The van der Waals surface area contributed by atoms with E-state index in [2.05, 4.69) is 27.0 Å². The van der Waals surface area contributed by atoms with E-state index >= 15 is 0 Å². The van der Waals surface area contributed by atoms with Crippen LogP contribution < -0.4 is 4.90 Å². The first-order valence-corrected chi connectivity index (χ1v) is 12.1. The lowest BCUT2D eigenvalue weighted by atomic mass is 9.89. The van der Waals surface area contributed by atoms with Crippen LogP contribution in [0.3, 0.4) is 0 Å². The molecule has 9 heteroatoms. The van der Waals surface area contributed by atoms with Crippen molar-refractivity contribution >= 4 is 31.8 Å². The highest BCUT2D eigenvalue weighted by molar-refractivity contribution is 9.10. The lowest BCUT2D eigenvalue weighted by molar-refractivity contribution is 0.347. The largest absolute Gasteiger partial charge is 0.423 e. The number of oxazole rings is 1. The van der Waals surface area contributed by atoms with Crippen LogP contribution in [-0.4, -0.2) is 43.9 Å². The second-order valence-corrected chi connectivity index (χ2v) is 10.4. The summed E-state index contributed by atoms with van der Waals surface area (Å²) in [7, 11) is -3.55. The van der Waals surface area contributed by atoms with Crippen LogP contribution in [0.2, 0.25) is 0 Å². The Morgan fingerprint density at radius 1 is 1.14 bits per heavy atom. The first-order valence-electron chi connectivity index (χ1n) is 9.90. The van der Waals surface area contributed by atoms with Crippen molar-refractivity contribution in [2.24, 2.45) is 0 Å².